The van der Waals surface area contributed by atoms with E-state index in [0.717, 1.165) is 12.6 Å². The minimum atomic E-state index is -1.17. The van der Waals surface area contributed by atoms with E-state index in [1.807, 2.05) is 0 Å². The number of nitrogens with one attached hydrogen (secondary N) is 1. The van der Waals surface area contributed by atoms with Crippen LogP contribution in [0.5, 0.6) is 0 Å². The number of alkyl halides is 1. The average molecular weight is 333 g/mol. The number of amides is 1. The summed E-state index contributed by atoms with van der Waals surface area (Å²) in [5.41, 5.74) is 0. The summed E-state index contributed by atoms with van der Waals surface area (Å²) in [5.74, 6) is 0.164. The fraction of sp³-hybridized carbons (Fsp3) is 0.571. The Morgan fingerprint density at radius 3 is 2.81 bits per heavy atom. The van der Waals surface area contributed by atoms with Gasteiger partial charge in [0.05, 0.1) is 6.10 Å². The van der Waals surface area contributed by atoms with Gasteiger partial charge in [0.1, 0.15) is 17.3 Å². The Hall–Kier alpha value is -0.740. The lowest BCUT2D eigenvalue weighted by atomic mass is 10.1. The first-order chi connectivity index (χ1) is 9.69. The molecule has 1 saturated heterocycles. The van der Waals surface area contributed by atoms with E-state index in [-0.39, 0.29) is 12.0 Å². The lowest BCUT2D eigenvalue weighted by Crippen LogP contribution is -2.44. The molecule has 1 fully saturated rings. The number of aliphatic hydroxyl groups excluding tert-OH is 1. The van der Waals surface area contributed by atoms with E-state index >= 15 is 0 Å². The first-order valence-corrected chi connectivity index (χ1v) is 10.3. The average Bonchev–Trinajstić information content (AvgIpc) is 2.64. The minimum Gasteiger partial charge on any atom is -0.389 e. The topological polar surface area (TPSA) is 61.8 Å². The molecular weight excluding hydrogens is 311 g/mol. The van der Waals surface area contributed by atoms with E-state index < -0.39 is 24.6 Å². The number of hydrogen-bond acceptors (Lipinski definition) is 4. The Kier molecular flexibility index (Phi) is 4.89. The van der Waals surface area contributed by atoms with E-state index in [4.69, 9.17) is 16.3 Å². The van der Waals surface area contributed by atoms with Gasteiger partial charge in [-0.25, -0.2) is 0 Å². The molecule has 2 N–H and O–H groups in total. The van der Waals surface area contributed by atoms with Crippen LogP contribution >= 0.6 is 18.5 Å². The Bertz CT molecular complexity index is 516. The summed E-state index contributed by atoms with van der Waals surface area (Å²) in [6.07, 6.45) is 7.16. The quantitative estimate of drug-likeness (QED) is 0.600. The van der Waals surface area contributed by atoms with Crippen molar-refractivity contribution in [2.24, 2.45) is 0 Å². The molecule has 1 amide bonds. The summed E-state index contributed by atoms with van der Waals surface area (Å²) < 4.78 is 5.90. The molecule has 7 heteroatoms. The zero-order valence-corrected chi connectivity index (χ0v) is 14.0. The molecule has 0 aliphatic carbocycles. The Labute approximate surface area is 130 Å². The summed E-state index contributed by atoms with van der Waals surface area (Å²) in [4.78, 5) is 12.9. The number of hydrogen-bond donors (Lipinski definition) is 2. The lowest BCUT2D eigenvalue weighted by Gasteiger charge is -2.32. The highest BCUT2D eigenvalue weighted by molar-refractivity contribution is 7.72. The van der Waals surface area contributed by atoms with Crippen molar-refractivity contribution in [1.29, 1.82) is 0 Å². The Morgan fingerprint density at radius 2 is 2.24 bits per heavy atom. The summed E-state index contributed by atoms with van der Waals surface area (Å²) in [6.45, 7) is 6.90. The van der Waals surface area contributed by atoms with Crippen LogP contribution in [-0.2, 0) is 9.53 Å². The van der Waals surface area contributed by atoms with Gasteiger partial charge in [-0.2, -0.15) is 0 Å². The van der Waals surface area contributed by atoms with Gasteiger partial charge in [0.25, 0.3) is 5.91 Å². The first kappa shape index (κ1) is 16.6. The number of rotatable bonds is 4. The second-order valence-corrected chi connectivity index (χ2v) is 10.9. The maximum absolute atomic E-state index is 11.2. The first-order valence-electron chi connectivity index (χ1n) is 6.80. The van der Waals surface area contributed by atoms with Crippen LogP contribution in [0.15, 0.2) is 24.7 Å². The van der Waals surface area contributed by atoms with Gasteiger partial charge in [-0.1, -0.05) is 6.58 Å². The fourth-order valence-electron chi connectivity index (χ4n) is 2.37. The molecule has 21 heavy (non-hydrogen) atoms. The number of ether oxygens (including phenoxy) is 1. The lowest BCUT2D eigenvalue weighted by molar-refractivity contribution is -0.117. The number of carbonyl (C=O) groups excluding carboxylic acids is 1. The zero-order chi connectivity index (χ0) is 15.8. The molecule has 0 aromatic heterocycles. The van der Waals surface area contributed by atoms with Crippen molar-refractivity contribution in [3.8, 4) is 0 Å². The van der Waals surface area contributed by atoms with Crippen LogP contribution in [0, 0.1) is 0 Å². The van der Waals surface area contributed by atoms with Crippen molar-refractivity contribution in [3.63, 3.8) is 0 Å². The third-order valence-electron chi connectivity index (χ3n) is 3.55. The van der Waals surface area contributed by atoms with Gasteiger partial charge in [0.15, 0.2) is 6.23 Å². The predicted octanol–water partition coefficient (Wildman–Crippen LogP) is 1.20. The normalized spacial score (nSPS) is 33.4. The van der Waals surface area contributed by atoms with Crippen molar-refractivity contribution >= 4 is 30.7 Å². The minimum absolute atomic E-state index is 0.235. The highest BCUT2D eigenvalue weighted by Crippen LogP contribution is 2.39. The molecule has 0 aromatic carbocycles. The molecule has 1 unspecified atom stereocenters. The van der Waals surface area contributed by atoms with Crippen LogP contribution in [0.2, 0.25) is 0 Å². The Balaban J connectivity index is 2.06. The molecule has 118 valence electrons. The molecule has 4 atom stereocenters. The molecule has 0 aromatic rings. The molecule has 2 heterocycles. The highest BCUT2D eigenvalue weighted by Gasteiger charge is 2.45. The molecule has 0 radical (unpaired) electrons. The predicted molar refractivity (Wildman–Crippen MR) is 87.9 cm³/mol. The van der Waals surface area contributed by atoms with E-state index in [0.29, 0.717) is 5.82 Å². The Morgan fingerprint density at radius 1 is 1.57 bits per heavy atom. The molecule has 2 rings (SSSR count). The molecule has 5 nitrogen and oxygen atoms in total. The summed E-state index contributed by atoms with van der Waals surface area (Å²) >= 11 is 6.30. The molecule has 0 saturated carbocycles. The summed E-state index contributed by atoms with van der Waals surface area (Å²) in [5, 5.41) is 12.3. The highest BCUT2D eigenvalue weighted by atomic mass is 35.5. The van der Waals surface area contributed by atoms with Gasteiger partial charge in [0, 0.05) is 12.3 Å². The van der Waals surface area contributed by atoms with Crippen molar-refractivity contribution in [1.82, 2.24) is 10.2 Å². The van der Waals surface area contributed by atoms with Gasteiger partial charge in [-0.05, 0) is 25.9 Å². The number of aliphatic hydroxyl groups is 1. The molecule has 0 bridgehead atoms. The van der Waals surface area contributed by atoms with Crippen molar-refractivity contribution in [2.45, 2.75) is 30.2 Å². The van der Waals surface area contributed by atoms with E-state index in [1.54, 1.807) is 11.1 Å². The van der Waals surface area contributed by atoms with Crippen LogP contribution in [0.3, 0.4) is 0 Å². The van der Waals surface area contributed by atoms with Crippen LogP contribution in [0.1, 0.15) is 6.42 Å². The molecule has 2 aliphatic heterocycles. The van der Waals surface area contributed by atoms with E-state index in [1.165, 1.54) is 6.08 Å². The monoisotopic (exact) mass is 332 g/mol. The number of carbonyl (C=O) groups is 1. The standard InChI is InChI=1S/C14H22ClN2O3P/c1-9-16-11(18)5-7-17(9)14-12(15)13(19)10(20-14)6-8-21(2,3)4/h5,7,10,12-14,19H,1-2,6,8H2,3-4H3,(H,16,18)/t10?,12-,13-,14-/m1/s1. The maximum Gasteiger partial charge on any atom is 0.250 e. The van der Waals surface area contributed by atoms with Gasteiger partial charge in [-0.3, -0.25) is 4.79 Å². The third-order valence-corrected chi connectivity index (χ3v) is 5.50. The van der Waals surface area contributed by atoms with Crippen LogP contribution in [0.4, 0.5) is 0 Å². The molecule has 2 aliphatic rings. The fourth-order valence-corrected chi connectivity index (χ4v) is 3.66. The van der Waals surface area contributed by atoms with Crippen molar-refractivity contribution in [2.75, 3.05) is 19.5 Å². The molecular formula is C14H22ClN2O3P. The zero-order valence-electron chi connectivity index (χ0n) is 12.3. The van der Waals surface area contributed by atoms with Crippen LogP contribution in [-0.4, -0.2) is 65.5 Å². The maximum atomic E-state index is 11.2. The third kappa shape index (κ3) is 3.92. The smallest absolute Gasteiger partial charge is 0.250 e. The van der Waals surface area contributed by atoms with Gasteiger partial charge >= 0.3 is 0 Å². The molecule has 0 spiro atoms. The van der Waals surface area contributed by atoms with Gasteiger partial charge in [-0.15, -0.1) is 24.8 Å². The second kappa shape index (κ2) is 6.17. The van der Waals surface area contributed by atoms with Gasteiger partial charge < -0.3 is 20.1 Å². The van der Waals surface area contributed by atoms with Crippen LogP contribution in [0.25, 0.3) is 0 Å². The second-order valence-electron chi connectivity index (χ2n) is 6.11. The van der Waals surface area contributed by atoms with Gasteiger partial charge in [0.2, 0.25) is 0 Å². The summed E-state index contributed by atoms with van der Waals surface area (Å²) in [6, 6.07) is 0. The van der Waals surface area contributed by atoms with Crippen molar-refractivity contribution in [3.05, 3.63) is 24.7 Å². The van der Waals surface area contributed by atoms with Crippen LogP contribution < -0.4 is 5.32 Å². The number of halogens is 1. The van der Waals surface area contributed by atoms with E-state index in [9.17, 15) is 9.90 Å². The van der Waals surface area contributed by atoms with Crippen molar-refractivity contribution < 1.29 is 14.6 Å². The largest absolute Gasteiger partial charge is 0.389 e. The number of nitrogens with zero attached hydrogens (tertiary/aromatic N) is 1. The van der Waals surface area contributed by atoms with E-state index in [2.05, 4.69) is 31.5 Å². The summed E-state index contributed by atoms with van der Waals surface area (Å²) in [7, 11) is 0. The SMILES string of the molecule is C=C1NC(=O)C=CN1[C@@H]1OC(CCP(=C)(C)C)[C@@H](O)[C@H]1Cl.